The Hall–Kier alpha value is -1.75. The summed E-state index contributed by atoms with van der Waals surface area (Å²) in [6.45, 7) is 10.7. The number of aldehydes is 1. The second-order valence-electron chi connectivity index (χ2n) is 8.93. The molecule has 9 heteroatoms. The van der Waals surface area contributed by atoms with Crippen LogP contribution in [0.3, 0.4) is 0 Å². The molecule has 0 spiro atoms. The zero-order valence-electron chi connectivity index (χ0n) is 21.3. The molecule has 3 aliphatic heterocycles. The molecule has 0 atom stereocenters. The summed E-state index contributed by atoms with van der Waals surface area (Å²) in [6.07, 6.45) is 5.03. The smallest absolute Gasteiger partial charge is 0.168 e. The molecule has 5 rings (SSSR count). The third-order valence-electron chi connectivity index (χ3n) is 6.30. The number of H-pyrrole nitrogens is 1. The highest BCUT2D eigenvalue weighted by Crippen LogP contribution is 2.40. The molecule has 35 heavy (non-hydrogen) atoms. The molecule has 0 unspecified atom stereocenters. The number of ether oxygens (including phenoxy) is 2. The lowest BCUT2D eigenvalue weighted by Gasteiger charge is -2.26. The zero-order chi connectivity index (χ0) is 24.7. The molecule has 2 saturated heterocycles. The fourth-order valence-electron chi connectivity index (χ4n) is 4.16. The normalized spacial score (nSPS) is 17.8. The Labute approximate surface area is 214 Å². The molecule has 2 N–H and O–H groups in total. The third kappa shape index (κ3) is 9.33. The number of nitrogens with zero attached hydrogens (tertiary/aromatic N) is 3. The molecule has 0 amide bonds. The van der Waals surface area contributed by atoms with Crippen molar-refractivity contribution in [2.45, 2.75) is 29.9 Å². The van der Waals surface area contributed by atoms with Crippen molar-refractivity contribution in [2.75, 3.05) is 79.8 Å². The molecule has 3 aliphatic rings. The van der Waals surface area contributed by atoms with Crippen LogP contribution in [0.25, 0.3) is 11.3 Å². The number of carbonyl (C=O) groups excluding carboxylic acids is 1. The summed E-state index contributed by atoms with van der Waals surface area (Å²) in [5.74, 6) is 0.816. The van der Waals surface area contributed by atoms with Crippen LogP contribution in [0.5, 0.6) is 0 Å². The molecule has 2 aromatic rings. The summed E-state index contributed by atoms with van der Waals surface area (Å²) in [5, 5.41) is 10.3. The summed E-state index contributed by atoms with van der Waals surface area (Å²) in [6, 6.07) is 8.13. The maximum Gasteiger partial charge on any atom is 0.168 e. The number of likely N-dealkylation sites (N-methyl/N-ethyl adjacent to an activating group) is 1. The molecule has 0 saturated carbocycles. The molecule has 0 radical (unpaired) electrons. The fraction of sp³-hybridized carbons (Fsp3) is 0.615. The predicted octanol–water partition coefficient (Wildman–Crippen LogP) is 3.15. The minimum atomic E-state index is 0.604. The number of fused-ring (bicyclic) bond motifs is 3. The standard InChI is InChI=1S/C11H8N2OS.C10H22N2O.C5H11NO/c14-5-9-8-6-15-10-4-2-1-3-7(10)11(8)13-12-9;1-13-10-6-11-5-9-12-7-3-2-4-8-12;1-6-2-4-7-5-3-6/h1-5H,6H2,(H,12,13);11H,2-10H2,1H3;2-5H2,1H3. The summed E-state index contributed by atoms with van der Waals surface area (Å²) in [5.41, 5.74) is 3.67. The Balaban J connectivity index is 0.000000156. The van der Waals surface area contributed by atoms with Crippen molar-refractivity contribution >= 4 is 18.0 Å². The van der Waals surface area contributed by atoms with Gasteiger partial charge in [-0.15, -0.1) is 11.8 Å². The number of aromatic amines is 1. The van der Waals surface area contributed by atoms with Crippen LogP contribution in [0.2, 0.25) is 0 Å². The fourth-order valence-corrected chi connectivity index (χ4v) is 5.24. The molecule has 0 bridgehead atoms. The number of benzene rings is 1. The van der Waals surface area contributed by atoms with Crippen molar-refractivity contribution in [2.24, 2.45) is 0 Å². The first-order valence-electron chi connectivity index (χ1n) is 12.7. The van der Waals surface area contributed by atoms with Crippen LogP contribution < -0.4 is 5.32 Å². The monoisotopic (exact) mass is 503 g/mol. The molecule has 2 fully saturated rings. The van der Waals surface area contributed by atoms with Gasteiger partial charge in [0, 0.05) is 61.6 Å². The van der Waals surface area contributed by atoms with Crippen molar-refractivity contribution < 1.29 is 14.3 Å². The molecule has 1 aromatic heterocycles. The van der Waals surface area contributed by atoms with E-state index in [1.165, 1.54) is 43.8 Å². The summed E-state index contributed by atoms with van der Waals surface area (Å²) in [7, 11) is 3.86. The van der Waals surface area contributed by atoms with Crippen molar-refractivity contribution in [3.05, 3.63) is 35.5 Å². The average molecular weight is 504 g/mol. The average Bonchev–Trinajstić information content (AvgIpc) is 3.34. The van der Waals surface area contributed by atoms with Crippen molar-refractivity contribution in [1.82, 2.24) is 25.3 Å². The van der Waals surface area contributed by atoms with Gasteiger partial charge < -0.3 is 24.6 Å². The molecule has 8 nitrogen and oxygen atoms in total. The summed E-state index contributed by atoms with van der Waals surface area (Å²) < 4.78 is 10.1. The number of aromatic nitrogens is 2. The first-order chi connectivity index (χ1) is 17.2. The maximum absolute atomic E-state index is 10.8. The third-order valence-corrected chi connectivity index (χ3v) is 7.40. The Bertz CT molecular complexity index is 866. The quantitative estimate of drug-likeness (QED) is 0.441. The maximum atomic E-state index is 10.8. The second kappa shape index (κ2) is 16.1. The Morgan fingerprint density at radius 3 is 2.60 bits per heavy atom. The summed E-state index contributed by atoms with van der Waals surface area (Å²) in [4.78, 5) is 16.8. The molecule has 194 valence electrons. The molecule has 1 aromatic carbocycles. The highest BCUT2D eigenvalue weighted by Gasteiger charge is 2.21. The van der Waals surface area contributed by atoms with Gasteiger partial charge >= 0.3 is 0 Å². The Kier molecular flexibility index (Phi) is 12.8. The van der Waals surface area contributed by atoms with Crippen LogP contribution in [-0.4, -0.2) is 106 Å². The first-order valence-corrected chi connectivity index (χ1v) is 13.6. The Morgan fingerprint density at radius 2 is 1.91 bits per heavy atom. The minimum Gasteiger partial charge on any atom is -0.383 e. The number of nitrogens with one attached hydrogen (secondary N) is 2. The van der Waals surface area contributed by atoms with Gasteiger partial charge in [-0.2, -0.15) is 5.10 Å². The molecular formula is C26H41N5O3S. The second-order valence-corrected chi connectivity index (χ2v) is 9.95. The van der Waals surface area contributed by atoms with E-state index in [2.05, 4.69) is 38.4 Å². The van der Waals surface area contributed by atoms with Crippen LogP contribution in [0, 0.1) is 0 Å². The van der Waals surface area contributed by atoms with Crippen LogP contribution in [-0.2, 0) is 15.2 Å². The Morgan fingerprint density at radius 1 is 1.14 bits per heavy atom. The van der Waals surface area contributed by atoms with Gasteiger partial charge in [0.15, 0.2) is 6.29 Å². The number of morpholine rings is 1. The van der Waals surface area contributed by atoms with Crippen LogP contribution in [0.15, 0.2) is 29.2 Å². The number of rotatable bonds is 7. The van der Waals surface area contributed by atoms with E-state index >= 15 is 0 Å². The van der Waals surface area contributed by atoms with E-state index in [9.17, 15) is 4.79 Å². The van der Waals surface area contributed by atoms with Gasteiger partial charge in [0.2, 0.25) is 0 Å². The predicted molar refractivity (Wildman–Crippen MR) is 142 cm³/mol. The van der Waals surface area contributed by atoms with Crippen LogP contribution in [0.1, 0.15) is 35.3 Å². The van der Waals surface area contributed by atoms with Gasteiger partial charge in [-0.25, -0.2) is 0 Å². The van der Waals surface area contributed by atoms with E-state index in [0.717, 1.165) is 74.9 Å². The lowest BCUT2D eigenvalue weighted by molar-refractivity contribution is 0.0503. The van der Waals surface area contributed by atoms with Crippen LogP contribution >= 0.6 is 11.8 Å². The van der Waals surface area contributed by atoms with E-state index in [1.807, 2.05) is 18.2 Å². The van der Waals surface area contributed by atoms with E-state index in [0.29, 0.717) is 5.69 Å². The van der Waals surface area contributed by atoms with Gasteiger partial charge in [-0.3, -0.25) is 9.89 Å². The van der Waals surface area contributed by atoms with Crippen molar-refractivity contribution in [3.8, 4) is 11.3 Å². The van der Waals surface area contributed by atoms with E-state index < -0.39 is 0 Å². The minimum absolute atomic E-state index is 0.604. The van der Waals surface area contributed by atoms with Gasteiger partial charge in [0.1, 0.15) is 5.69 Å². The van der Waals surface area contributed by atoms with E-state index in [1.54, 1.807) is 18.9 Å². The summed E-state index contributed by atoms with van der Waals surface area (Å²) >= 11 is 1.75. The number of hydrogen-bond donors (Lipinski definition) is 2. The van der Waals surface area contributed by atoms with Gasteiger partial charge in [0.05, 0.1) is 25.5 Å². The van der Waals surface area contributed by atoms with Crippen LogP contribution in [0.4, 0.5) is 0 Å². The largest absolute Gasteiger partial charge is 0.383 e. The molecular weight excluding hydrogens is 462 g/mol. The topological polar surface area (TPSA) is 82.7 Å². The number of hydrogen-bond acceptors (Lipinski definition) is 8. The highest BCUT2D eigenvalue weighted by molar-refractivity contribution is 7.98. The number of carbonyl (C=O) groups is 1. The van der Waals surface area contributed by atoms with E-state index in [4.69, 9.17) is 9.47 Å². The molecule has 4 heterocycles. The zero-order valence-corrected chi connectivity index (χ0v) is 22.1. The van der Waals surface area contributed by atoms with Crippen molar-refractivity contribution in [1.29, 1.82) is 0 Å². The number of thioether (sulfide) groups is 1. The van der Waals surface area contributed by atoms with Gasteiger partial charge in [0.25, 0.3) is 0 Å². The first kappa shape index (κ1) is 27.8. The SMILES string of the molecule is CN1CCOCC1.COCCNCCN1CCCCC1.O=Cc1[nH]nc2c1CSc1ccccc1-2. The van der Waals surface area contributed by atoms with Gasteiger partial charge in [-0.05, 0) is 39.0 Å². The van der Waals surface area contributed by atoms with Gasteiger partial charge in [-0.1, -0.05) is 24.6 Å². The number of likely N-dealkylation sites (tertiary alicyclic amines) is 1. The number of methoxy groups -OCH3 is 1. The number of piperidine rings is 1. The lowest BCUT2D eigenvalue weighted by atomic mass is 10.1. The van der Waals surface area contributed by atoms with E-state index in [-0.39, 0.29) is 0 Å². The lowest BCUT2D eigenvalue weighted by Crippen LogP contribution is -2.36. The molecule has 0 aliphatic carbocycles. The van der Waals surface area contributed by atoms with Crippen molar-refractivity contribution in [3.63, 3.8) is 0 Å². The highest BCUT2D eigenvalue weighted by atomic mass is 32.2.